The van der Waals surface area contributed by atoms with E-state index >= 15 is 0 Å². The van der Waals surface area contributed by atoms with Crippen LogP contribution in [0.5, 0.6) is 0 Å². The third-order valence-electron chi connectivity index (χ3n) is 8.29. The van der Waals surface area contributed by atoms with Crippen LogP contribution >= 0.6 is 15.9 Å². The second-order valence-corrected chi connectivity index (χ2v) is 14.5. The minimum atomic E-state index is -4.76. The monoisotopic (exact) mass is 741 g/mol. The highest BCUT2D eigenvalue weighted by atomic mass is 79.9. The number of amides is 2. The molecule has 1 unspecified atom stereocenters. The van der Waals surface area contributed by atoms with E-state index in [0.29, 0.717) is 15.9 Å². The Morgan fingerprint density at radius 2 is 1.46 bits per heavy atom. The zero-order valence-corrected chi connectivity index (χ0v) is 28.3. The van der Waals surface area contributed by atoms with Crippen molar-refractivity contribution in [3.05, 3.63) is 130 Å². The van der Waals surface area contributed by atoms with Crippen molar-refractivity contribution in [1.29, 1.82) is 0 Å². The molecule has 1 saturated carbocycles. The number of hydrogen-bond donors (Lipinski definition) is 1. The van der Waals surface area contributed by atoms with Gasteiger partial charge in [-0.2, -0.15) is 13.2 Å². The summed E-state index contributed by atoms with van der Waals surface area (Å²) in [6.45, 7) is -0.912. The molecule has 2 amide bonds. The van der Waals surface area contributed by atoms with Crippen LogP contribution in [-0.2, 0) is 38.8 Å². The predicted octanol–water partition coefficient (Wildman–Crippen LogP) is 7.36. The first-order chi connectivity index (χ1) is 22.9. The average molecular weight is 743 g/mol. The van der Waals surface area contributed by atoms with Gasteiger partial charge in [0.15, 0.2) is 0 Å². The molecule has 1 aliphatic rings. The minimum Gasteiger partial charge on any atom is -0.352 e. The van der Waals surface area contributed by atoms with E-state index in [2.05, 4.69) is 21.2 Å². The third kappa shape index (κ3) is 8.84. The number of rotatable bonds is 12. The molecule has 1 N–H and O–H groups in total. The average Bonchev–Trinajstić information content (AvgIpc) is 3.58. The minimum absolute atomic E-state index is 0.0568. The molecule has 5 rings (SSSR count). The first kappa shape index (κ1) is 35.2. The zero-order chi connectivity index (χ0) is 34.3. The number of halogens is 4. The molecule has 252 valence electrons. The lowest BCUT2D eigenvalue weighted by Gasteiger charge is -2.34. The second-order valence-electron chi connectivity index (χ2n) is 11.7. The zero-order valence-electron chi connectivity index (χ0n) is 25.9. The van der Waals surface area contributed by atoms with Crippen molar-refractivity contribution in [2.75, 3.05) is 10.8 Å². The van der Waals surface area contributed by atoms with Gasteiger partial charge in [-0.05, 0) is 66.4 Å². The van der Waals surface area contributed by atoms with Gasteiger partial charge in [-0.25, -0.2) is 8.42 Å². The summed E-state index contributed by atoms with van der Waals surface area (Å²) < 4.78 is 70.9. The van der Waals surface area contributed by atoms with Gasteiger partial charge in [-0.15, -0.1) is 0 Å². The summed E-state index contributed by atoms with van der Waals surface area (Å²) in [6.07, 6.45) is -1.07. The van der Waals surface area contributed by atoms with Crippen LogP contribution in [0.3, 0.4) is 0 Å². The summed E-state index contributed by atoms with van der Waals surface area (Å²) in [5, 5.41) is 3.10. The van der Waals surface area contributed by atoms with Gasteiger partial charge in [-0.1, -0.05) is 95.5 Å². The van der Waals surface area contributed by atoms with Gasteiger partial charge in [0.2, 0.25) is 11.8 Å². The lowest BCUT2D eigenvalue weighted by atomic mass is 10.0. The summed E-state index contributed by atoms with van der Waals surface area (Å²) in [4.78, 5) is 29.8. The van der Waals surface area contributed by atoms with E-state index in [1.54, 1.807) is 24.3 Å². The van der Waals surface area contributed by atoms with Crippen molar-refractivity contribution < 1.29 is 31.2 Å². The Morgan fingerprint density at radius 3 is 2.10 bits per heavy atom. The van der Waals surface area contributed by atoms with Gasteiger partial charge in [0.1, 0.15) is 12.6 Å². The second kappa shape index (κ2) is 15.4. The molecular formula is C36H35BrF3N3O4S. The van der Waals surface area contributed by atoms with Crippen LogP contribution in [-0.4, -0.2) is 43.8 Å². The van der Waals surface area contributed by atoms with E-state index in [9.17, 15) is 31.2 Å². The van der Waals surface area contributed by atoms with Crippen molar-refractivity contribution in [3.8, 4) is 0 Å². The Hall–Kier alpha value is -4.16. The Bertz CT molecular complexity index is 1820. The molecule has 0 saturated heterocycles. The number of nitrogens with zero attached hydrogens (tertiary/aromatic N) is 2. The molecule has 0 bridgehead atoms. The number of carbonyl (C=O) groups is 2. The van der Waals surface area contributed by atoms with E-state index in [0.717, 1.165) is 47.9 Å². The number of sulfonamides is 1. The number of alkyl halides is 3. The van der Waals surface area contributed by atoms with Crippen LogP contribution in [0.4, 0.5) is 18.9 Å². The molecule has 1 fully saturated rings. The number of nitrogens with one attached hydrogen (secondary N) is 1. The molecule has 4 aromatic carbocycles. The summed E-state index contributed by atoms with van der Waals surface area (Å²) in [7, 11) is -4.54. The molecule has 7 nitrogen and oxygen atoms in total. The normalized spacial score (nSPS) is 14.3. The summed E-state index contributed by atoms with van der Waals surface area (Å²) in [6, 6.07) is 26.3. The summed E-state index contributed by atoms with van der Waals surface area (Å²) in [5.74, 6) is -1.14. The van der Waals surface area contributed by atoms with Crippen LogP contribution in [0.2, 0.25) is 0 Å². The molecule has 0 heterocycles. The summed E-state index contributed by atoms with van der Waals surface area (Å²) >= 11 is 3.45. The molecule has 1 aliphatic carbocycles. The van der Waals surface area contributed by atoms with Gasteiger partial charge in [-0.3, -0.25) is 13.9 Å². The highest BCUT2D eigenvalue weighted by molar-refractivity contribution is 9.10. The predicted molar refractivity (Wildman–Crippen MR) is 181 cm³/mol. The molecule has 0 radical (unpaired) electrons. The highest BCUT2D eigenvalue weighted by Gasteiger charge is 2.37. The molecule has 0 aromatic heterocycles. The van der Waals surface area contributed by atoms with Crippen LogP contribution in [0.15, 0.2) is 119 Å². The molecule has 0 aliphatic heterocycles. The fourth-order valence-electron chi connectivity index (χ4n) is 5.84. The van der Waals surface area contributed by atoms with Gasteiger partial charge >= 0.3 is 6.18 Å². The maximum Gasteiger partial charge on any atom is 0.416 e. The number of carbonyl (C=O) groups excluding carboxylic acids is 2. The molecule has 0 spiro atoms. The van der Waals surface area contributed by atoms with Crippen molar-refractivity contribution in [1.82, 2.24) is 10.2 Å². The molecule has 4 aromatic rings. The van der Waals surface area contributed by atoms with E-state index in [1.807, 2.05) is 36.4 Å². The Kier molecular flexibility index (Phi) is 11.3. The van der Waals surface area contributed by atoms with Crippen molar-refractivity contribution in [2.24, 2.45) is 0 Å². The van der Waals surface area contributed by atoms with Gasteiger partial charge in [0.25, 0.3) is 10.0 Å². The van der Waals surface area contributed by atoms with E-state index in [4.69, 9.17) is 0 Å². The maximum atomic E-state index is 14.6. The fourth-order valence-corrected chi connectivity index (χ4v) is 7.71. The molecular weight excluding hydrogens is 707 g/mol. The molecule has 1 atom stereocenters. The fraction of sp³-hybridized carbons (Fsp3) is 0.278. The van der Waals surface area contributed by atoms with Crippen LogP contribution < -0.4 is 9.62 Å². The standard InChI is InChI=1S/C36H35BrF3N3O4S/c37-29-15-9-13-27(21-29)24-42(33(22-26-11-3-1-4-12-26)35(45)41-30-16-7-8-17-30)34(44)25-43(48(46,47)32-19-5-2-6-20-32)31-18-10-14-28(23-31)36(38,39)40/h1-6,9-15,18-21,23,30,33H,7-8,16-17,22,24-25H2,(H,41,45). The Morgan fingerprint density at radius 1 is 0.833 bits per heavy atom. The lowest BCUT2D eigenvalue weighted by Crippen LogP contribution is -2.54. The van der Waals surface area contributed by atoms with Crippen LogP contribution in [0, 0.1) is 0 Å². The molecule has 12 heteroatoms. The van der Waals surface area contributed by atoms with Crippen molar-refractivity contribution >= 4 is 43.5 Å². The smallest absolute Gasteiger partial charge is 0.352 e. The first-order valence-corrected chi connectivity index (χ1v) is 17.8. The quantitative estimate of drug-likeness (QED) is 0.165. The van der Waals surface area contributed by atoms with Gasteiger partial charge in [0, 0.05) is 23.5 Å². The van der Waals surface area contributed by atoms with Crippen molar-refractivity contribution in [3.63, 3.8) is 0 Å². The summed E-state index contributed by atoms with van der Waals surface area (Å²) in [5.41, 5.74) is 0.0489. The SMILES string of the molecule is O=C(NC1CCCC1)C(Cc1ccccc1)N(Cc1cccc(Br)c1)C(=O)CN(c1cccc(C(F)(F)F)c1)S(=O)(=O)c1ccccc1. The van der Waals surface area contributed by atoms with Gasteiger partial charge in [0.05, 0.1) is 16.1 Å². The molecule has 48 heavy (non-hydrogen) atoms. The topological polar surface area (TPSA) is 86.8 Å². The maximum absolute atomic E-state index is 14.6. The number of hydrogen-bond acceptors (Lipinski definition) is 4. The van der Waals surface area contributed by atoms with Gasteiger partial charge < -0.3 is 10.2 Å². The van der Waals surface area contributed by atoms with Crippen molar-refractivity contribution in [2.45, 2.75) is 61.8 Å². The highest BCUT2D eigenvalue weighted by Crippen LogP contribution is 2.33. The third-order valence-corrected chi connectivity index (χ3v) is 10.6. The Labute approximate surface area is 286 Å². The first-order valence-electron chi connectivity index (χ1n) is 15.5. The number of benzene rings is 4. The number of anilines is 1. The van der Waals surface area contributed by atoms with E-state index in [-0.39, 0.29) is 35.5 Å². The van der Waals surface area contributed by atoms with Crippen LogP contribution in [0.25, 0.3) is 0 Å². The van der Waals surface area contributed by atoms with E-state index < -0.39 is 40.3 Å². The lowest BCUT2D eigenvalue weighted by molar-refractivity contribution is -0.140. The Balaban J connectivity index is 1.59. The largest absolute Gasteiger partial charge is 0.416 e. The van der Waals surface area contributed by atoms with E-state index in [1.165, 1.54) is 35.2 Å². The van der Waals surface area contributed by atoms with Crippen LogP contribution in [0.1, 0.15) is 42.4 Å².